The number of ether oxygens (including phenoxy) is 2. The minimum atomic E-state index is -0.917. The Bertz CT molecular complexity index is 410. The monoisotopic (exact) mass is 252 g/mol. The van der Waals surface area contributed by atoms with Gasteiger partial charge in [-0.2, -0.15) is 4.39 Å². The number of methoxy groups -OCH3 is 1. The second-order valence-corrected chi connectivity index (χ2v) is 3.75. The van der Waals surface area contributed by atoms with E-state index in [1.54, 1.807) is 31.4 Å². The van der Waals surface area contributed by atoms with Crippen LogP contribution in [0, 0.1) is 0 Å². The average molecular weight is 252 g/mol. The number of carbonyl (C=O) groups is 1. The molecule has 0 unspecified atom stereocenters. The zero-order valence-corrected chi connectivity index (χ0v) is 10.6. The van der Waals surface area contributed by atoms with Crippen LogP contribution in [0.3, 0.4) is 0 Å². The molecule has 0 bridgehead atoms. The first-order valence-electron chi connectivity index (χ1n) is 5.85. The smallest absolute Gasteiger partial charge is 0.367 e. The molecular weight excluding hydrogens is 235 g/mol. The molecule has 0 fully saturated rings. The summed E-state index contributed by atoms with van der Waals surface area (Å²) in [4.78, 5) is 11.3. The van der Waals surface area contributed by atoms with Crippen LogP contribution in [0.2, 0.25) is 0 Å². The Morgan fingerprint density at radius 3 is 2.56 bits per heavy atom. The first kappa shape index (κ1) is 14.2. The van der Waals surface area contributed by atoms with Crippen LogP contribution in [0.4, 0.5) is 4.39 Å². The Morgan fingerprint density at radius 2 is 2.00 bits per heavy atom. The molecule has 0 saturated heterocycles. The normalized spacial score (nSPS) is 11.2. The quantitative estimate of drug-likeness (QED) is 0.442. The van der Waals surface area contributed by atoms with E-state index in [1.807, 2.05) is 6.92 Å². The molecule has 98 valence electrons. The zero-order valence-electron chi connectivity index (χ0n) is 10.6. The van der Waals surface area contributed by atoms with Gasteiger partial charge in [-0.1, -0.05) is 25.5 Å². The Hall–Kier alpha value is -1.84. The molecule has 0 heterocycles. The Balaban J connectivity index is 2.60. The van der Waals surface area contributed by atoms with Crippen molar-refractivity contribution < 1.29 is 18.7 Å². The van der Waals surface area contributed by atoms with Crippen molar-refractivity contribution in [2.24, 2.45) is 0 Å². The Kier molecular flexibility index (Phi) is 5.91. The van der Waals surface area contributed by atoms with E-state index in [0.29, 0.717) is 11.3 Å². The summed E-state index contributed by atoms with van der Waals surface area (Å²) in [5.74, 6) is -1.13. The highest BCUT2D eigenvalue weighted by molar-refractivity contribution is 5.91. The molecule has 1 rings (SSSR count). The van der Waals surface area contributed by atoms with E-state index in [4.69, 9.17) is 9.47 Å². The highest BCUT2D eigenvalue weighted by atomic mass is 19.1. The number of halogens is 1. The highest BCUT2D eigenvalue weighted by Crippen LogP contribution is 2.15. The number of carbonyl (C=O) groups excluding carboxylic acids is 1. The molecule has 18 heavy (non-hydrogen) atoms. The van der Waals surface area contributed by atoms with E-state index >= 15 is 0 Å². The van der Waals surface area contributed by atoms with Gasteiger partial charge < -0.3 is 9.47 Å². The largest absolute Gasteiger partial charge is 0.497 e. The van der Waals surface area contributed by atoms with Gasteiger partial charge in [-0.3, -0.25) is 0 Å². The number of benzene rings is 1. The summed E-state index contributed by atoms with van der Waals surface area (Å²) >= 11 is 0. The number of hydrogen-bond donors (Lipinski definition) is 0. The van der Waals surface area contributed by atoms with Crippen LogP contribution >= 0.6 is 0 Å². The lowest BCUT2D eigenvalue weighted by Crippen LogP contribution is -2.05. The summed E-state index contributed by atoms with van der Waals surface area (Å²) in [5.41, 5.74) is 0.584. The first-order chi connectivity index (χ1) is 8.67. The maximum Gasteiger partial charge on any atom is 0.367 e. The number of rotatable bonds is 6. The van der Waals surface area contributed by atoms with Crippen LogP contribution in [0.15, 0.2) is 30.1 Å². The van der Waals surface area contributed by atoms with Gasteiger partial charge in [0.25, 0.3) is 0 Å². The predicted octanol–water partition coefficient (Wildman–Crippen LogP) is 3.35. The molecular formula is C14H17FO3. The summed E-state index contributed by atoms with van der Waals surface area (Å²) in [5, 5.41) is 0. The van der Waals surface area contributed by atoms with Gasteiger partial charge in [0.1, 0.15) is 5.75 Å². The molecule has 1 aromatic rings. The molecule has 0 saturated carbocycles. The topological polar surface area (TPSA) is 35.5 Å². The van der Waals surface area contributed by atoms with E-state index in [2.05, 4.69) is 0 Å². The fraction of sp³-hybridized carbons (Fsp3) is 0.357. The van der Waals surface area contributed by atoms with Gasteiger partial charge in [-0.15, -0.1) is 0 Å². The third-order valence-corrected chi connectivity index (χ3v) is 2.34. The molecule has 0 amide bonds. The maximum absolute atomic E-state index is 13.4. The van der Waals surface area contributed by atoms with Gasteiger partial charge in [-0.05, 0) is 30.2 Å². The van der Waals surface area contributed by atoms with Gasteiger partial charge in [0.2, 0.25) is 5.83 Å². The van der Waals surface area contributed by atoms with Crippen LogP contribution < -0.4 is 4.74 Å². The second-order valence-electron chi connectivity index (χ2n) is 3.75. The zero-order chi connectivity index (χ0) is 13.4. The minimum absolute atomic E-state index is 0.249. The number of esters is 1. The van der Waals surface area contributed by atoms with Crippen molar-refractivity contribution in [3.8, 4) is 5.75 Å². The molecule has 0 aliphatic rings. The van der Waals surface area contributed by atoms with Crippen molar-refractivity contribution in [1.29, 1.82) is 0 Å². The summed E-state index contributed by atoms with van der Waals surface area (Å²) in [6.45, 7) is 2.22. The molecule has 0 radical (unpaired) electrons. The molecule has 0 aliphatic heterocycles. The van der Waals surface area contributed by atoms with Crippen molar-refractivity contribution in [1.82, 2.24) is 0 Å². The van der Waals surface area contributed by atoms with E-state index < -0.39 is 11.8 Å². The number of unbranched alkanes of at least 4 members (excludes halogenated alkanes) is 1. The summed E-state index contributed by atoms with van der Waals surface area (Å²) in [7, 11) is 1.55. The molecule has 0 aliphatic carbocycles. The van der Waals surface area contributed by atoms with E-state index in [1.165, 1.54) is 0 Å². The molecule has 4 heteroatoms. The highest BCUT2D eigenvalue weighted by Gasteiger charge is 2.09. The summed E-state index contributed by atoms with van der Waals surface area (Å²) < 4.78 is 23.2. The summed E-state index contributed by atoms with van der Waals surface area (Å²) in [6.07, 6.45) is 2.78. The van der Waals surface area contributed by atoms with Crippen molar-refractivity contribution in [2.75, 3.05) is 13.7 Å². The first-order valence-corrected chi connectivity index (χ1v) is 5.85. The minimum Gasteiger partial charge on any atom is -0.497 e. The van der Waals surface area contributed by atoms with Crippen molar-refractivity contribution in [3.05, 3.63) is 35.7 Å². The van der Waals surface area contributed by atoms with Crippen LogP contribution in [0.1, 0.15) is 25.3 Å². The second kappa shape index (κ2) is 7.48. The fourth-order valence-corrected chi connectivity index (χ4v) is 1.28. The van der Waals surface area contributed by atoms with Gasteiger partial charge in [-0.25, -0.2) is 4.79 Å². The van der Waals surface area contributed by atoms with Gasteiger partial charge in [0.05, 0.1) is 13.7 Å². The maximum atomic E-state index is 13.4. The SMILES string of the molecule is CCCCOC(=O)/C(F)=C/c1ccc(OC)cc1. The molecule has 0 atom stereocenters. The van der Waals surface area contributed by atoms with Crippen molar-refractivity contribution in [2.45, 2.75) is 19.8 Å². The molecule has 0 spiro atoms. The van der Waals surface area contributed by atoms with E-state index in [0.717, 1.165) is 18.9 Å². The van der Waals surface area contributed by atoms with Gasteiger partial charge in [0, 0.05) is 0 Å². The molecule has 0 aromatic heterocycles. The predicted molar refractivity (Wildman–Crippen MR) is 67.9 cm³/mol. The Labute approximate surface area is 106 Å². The average Bonchev–Trinajstić information content (AvgIpc) is 2.39. The molecule has 0 N–H and O–H groups in total. The molecule has 1 aromatic carbocycles. The Morgan fingerprint density at radius 1 is 1.33 bits per heavy atom. The van der Waals surface area contributed by atoms with E-state index in [-0.39, 0.29) is 6.61 Å². The summed E-state index contributed by atoms with van der Waals surface area (Å²) in [6, 6.07) is 6.72. The fourth-order valence-electron chi connectivity index (χ4n) is 1.28. The van der Waals surface area contributed by atoms with E-state index in [9.17, 15) is 9.18 Å². The lowest BCUT2D eigenvalue weighted by Gasteiger charge is -2.02. The van der Waals surface area contributed by atoms with Gasteiger partial charge in [0.15, 0.2) is 0 Å². The van der Waals surface area contributed by atoms with Crippen LogP contribution in [-0.4, -0.2) is 19.7 Å². The lowest BCUT2D eigenvalue weighted by atomic mass is 10.2. The standard InChI is InChI=1S/C14H17FO3/c1-3-4-9-18-14(16)13(15)10-11-5-7-12(17-2)8-6-11/h5-8,10H,3-4,9H2,1-2H3/b13-10-. The van der Waals surface area contributed by atoms with Crippen LogP contribution in [0.25, 0.3) is 6.08 Å². The van der Waals surface area contributed by atoms with Crippen molar-refractivity contribution >= 4 is 12.0 Å². The van der Waals surface area contributed by atoms with Crippen molar-refractivity contribution in [3.63, 3.8) is 0 Å². The third kappa shape index (κ3) is 4.57. The van der Waals surface area contributed by atoms with Crippen LogP contribution in [0.5, 0.6) is 5.75 Å². The van der Waals surface area contributed by atoms with Crippen LogP contribution in [-0.2, 0) is 9.53 Å². The van der Waals surface area contributed by atoms with Gasteiger partial charge >= 0.3 is 5.97 Å². The number of hydrogen-bond acceptors (Lipinski definition) is 3. The molecule has 3 nitrogen and oxygen atoms in total. The third-order valence-electron chi connectivity index (χ3n) is 2.34. The lowest BCUT2D eigenvalue weighted by molar-refractivity contribution is -0.140.